The Morgan fingerprint density at radius 1 is 1.45 bits per heavy atom. The van der Waals surface area contributed by atoms with Crippen LogP contribution in [0.3, 0.4) is 0 Å². The summed E-state index contributed by atoms with van der Waals surface area (Å²) >= 11 is 3.00. The van der Waals surface area contributed by atoms with Gasteiger partial charge in [-0.3, -0.25) is 9.59 Å². The maximum atomic E-state index is 12.5. The van der Waals surface area contributed by atoms with Gasteiger partial charge in [0.1, 0.15) is 6.04 Å². The largest absolute Gasteiger partial charge is 0.369 e. The van der Waals surface area contributed by atoms with E-state index in [1.54, 1.807) is 17.1 Å². The number of primary amides is 1. The lowest BCUT2D eigenvalue weighted by atomic mass is 10.2. The smallest absolute Gasteiger partial charge is 0.249 e. The van der Waals surface area contributed by atoms with Gasteiger partial charge >= 0.3 is 0 Å². The molecule has 3 N–H and O–H groups in total. The van der Waals surface area contributed by atoms with Crippen molar-refractivity contribution in [1.82, 2.24) is 9.55 Å². The second-order valence-electron chi connectivity index (χ2n) is 4.70. The maximum absolute atomic E-state index is 12.5. The first-order chi connectivity index (χ1) is 10.6. The summed E-state index contributed by atoms with van der Waals surface area (Å²) in [7, 11) is 0. The molecule has 2 rings (SSSR count). The number of aromatic nitrogens is 2. The van der Waals surface area contributed by atoms with E-state index in [2.05, 4.69) is 10.3 Å². The van der Waals surface area contributed by atoms with Crippen LogP contribution in [0.5, 0.6) is 0 Å². The Balaban J connectivity index is 2.04. The van der Waals surface area contributed by atoms with E-state index in [0.717, 1.165) is 12.2 Å². The summed E-state index contributed by atoms with van der Waals surface area (Å²) in [6.07, 6.45) is 6.60. The quantitative estimate of drug-likeness (QED) is 0.769. The van der Waals surface area contributed by atoms with Crippen LogP contribution in [0.2, 0.25) is 0 Å². The van der Waals surface area contributed by atoms with Gasteiger partial charge in [0.05, 0.1) is 12.1 Å². The molecule has 0 spiro atoms. The number of thioether (sulfide) groups is 1. The van der Waals surface area contributed by atoms with Crippen LogP contribution in [0.4, 0.5) is 5.13 Å². The zero-order valence-electron chi connectivity index (χ0n) is 12.2. The number of nitrogens with one attached hydrogen (secondary N) is 1. The highest BCUT2D eigenvalue weighted by Crippen LogP contribution is 2.20. The molecule has 22 heavy (non-hydrogen) atoms. The molecule has 2 aromatic heterocycles. The van der Waals surface area contributed by atoms with Crippen molar-refractivity contribution in [3.8, 4) is 0 Å². The lowest BCUT2D eigenvalue weighted by Gasteiger charge is -2.17. The van der Waals surface area contributed by atoms with E-state index in [4.69, 9.17) is 5.73 Å². The molecule has 2 aromatic rings. The minimum atomic E-state index is -0.437. The van der Waals surface area contributed by atoms with E-state index < -0.39 is 5.91 Å². The van der Waals surface area contributed by atoms with E-state index in [1.807, 2.05) is 35.3 Å². The zero-order valence-corrected chi connectivity index (χ0v) is 13.8. The summed E-state index contributed by atoms with van der Waals surface area (Å²) in [4.78, 5) is 27.6. The van der Waals surface area contributed by atoms with Gasteiger partial charge in [0.25, 0.3) is 0 Å². The van der Waals surface area contributed by atoms with Gasteiger partial charge in [-0.05, 0) is 30.6 Å². The Labute approximate surface area is 137 Å². The molecule has 1 atom stereocenters. The van der Waals surface area contributed by atoms with Crippen LogP contribution in [-0.2, 0) is 16.0 Å². The predicted octanol–water partition coefficient (Wildman–Crippen LogP) is 1.91. The second-order valence-corrected chi connectivity index (χ2v) is 6.55. The standard InChI is InChI=1S/C14H18N4O2S2/c1-21-7-4-11(18-5-2-3-6-18)13(20)17-14-16-10(9-22-14)8-12(15)19/h2-3,5-6,9,11H,4,7-8H2,1H3,(H2,15,19)(H,16,17,20). The molecule has 1 unspecified atom stereocenters. The Bertz CT molecular complexity index is 625. The summed E-state index contributed by atoms with van der Waals surface area (Å²) in [6, 6.07) is 3.52. The molecule has 2 heterocycles. The van der Waals surface area contributed by atoms with Gasteiger partial charge in [-0.1, -0.05) is 0 Å². The van der Waals surface area contributed by atoms with E-state index in [0.29, 0.717) is 10.8 Å². The summed E-state index contributed by atoms with van der Waals surface area (Å²) < 4.78 is 1.89. The average Bonchev–Trinajstić information content (AvgIpc) is 3.11. The fraction of sp³-hybridized carbons (Fsp3) is 0.357. The molecule has 0 saturated carbocycles. The molecular formula is C14H18N4O2S2. The van der Waals surface area contributed by atoms with Crippen LogP contribution in [0.15, 0.2) is 29.9 Å². The average molecular weight is 338 g/mol. The molecule has 8 heteroatoms. The number of carbonyl (C=O) groups is 2. The number of amides is 2. The van der Waals surface area contributed by atoms with Gasteiger partial charge in [-0.2, -0.15) is 11.8 Å². The summed E-state index contributed by atoms with van der Waals surface area (Å²) in [5.74, 6) is 0.347. The molecule has 0 fully saturated rings. The molecule has 0 bridgehead atoms. The van der Waals surface area contributed by atoms with Crippen molar-refractivity contribution < 1.29 is 9.59 Å². The third-order valence-corrected chi connectivity index (χ3v) is 4.47. The van der Waals surface area contributed by atoms with Crippen LogP contribution < -0.4 is 11.1 Å². The Morgan fingerprint density at radius 2 is 2.18 bits per heavy atom. The molecular weight excluding hydrogens is 320 g/mol. The van der Waals surface area contributed by atoms with Crippen LogP contribution in [-0.4, -0.2) is 33.4 Å². The monoisotopic (exact) mass is 338 g/mol. The number of nitrogens with two attached hydrogens (primary N) is 1. The van der Waals surface area contributed by atoms with Gasteiger partial charge in [-0.15, -0.1) is 11.3 Å². The molecule has 0 aromatic carbocycles. The summed E-state index contributed by atoms with van der Waals surface area (Å²) in [5, 5.41) is 5.04. The molecule has 6 nitrogen and oxygen atoms in total. The van der Waals surface area contributed by atoms with Crippen molar-refractivity contribution in [3.63, 3.8) is 0 Å². The highest BCUT2D eigenvalue weighted by atomic mass is 32.2. The van der Waals surface area contributed by atoms with Crippen molar-refractivity contribution in [2.75, 3.05) is 17.3 Å². The number of thiazole rings is 1. The molecule has 0 aliphatic rings. The van der Waals surface area contributed by atoms with E-state index in [1.165, 1.54) is 11.3 Å². The fourth-order valence-electron chi connectivity index (χ4n) is 2.01. The minimum Gasteiger partial charge on any atom is -0.369 e. The van der Waals surface area contributed by atoms with Crippen molar-refractivity contribution >= 4 is 40.0 Å². The van der Waals surface area contributed by atoms with Crippen LogP contribution in [0.1, 0.15) is 18.2 Å². The SMILES string of the molecule is CSCCC(C(=O)Nc1nc(CC(N)=O)cs1)n1cccc1. The first-order valence-corrected chi connectivity index (χ1v) is 9.02. The van der Waals surface area contributed by atoms with Crippen LogP contribution in [0.25, 0.3) is 0 Å². The lowest BCUT2D eigenvalue weighted by molar-refractivity contribution is -0.119. The number of hydrogen-bond donors (Lipinski definition) is 2. The highest BCUT2D eigenvalue weighted by Gasteiger charge is 2.20. The Hall–Kier alpha value is -1.80. The topological polar surface area (TPSA) is 90.0 Å². The van der Waals surface area contributed by atoms with Gasteiger partial charge in [0, 0.05) is 17.8 Å². The highest BCUT2D eigenvalue weighted by molar-refractivity contribution is 7.98. The van der Waals surface area contributed by atoms with Crippen molar-refractivity contribution in [2.24, 2.45) is 5.73 Å². The van der Waals surface area contributed by atoms with Gasteiger partial charge < -0.3 is 15.6 Å². The lowest BCUT2D eigenvalue weighted by Crippen LogP contribution is -2.26. The molecule has 0 aliphatic carbocycles. The molecule has 0 saturated heterocycles. The number of carbonyl (C=O) groups excluding carboxylic acids is 2. The number of anilines is 1. The van der Waals surface area contributed by atoms with E-state index >= 15 is 0 Å². The van der Waals surface area contributed by atoms with Gasteiger partial charge in [-0.25, -0.2) is 4.98 Å². The third kappa shape index (κ3) is 4.60. The number of hydrogen-bond acceptors (Lipinski definition) is 5. The minimum absolute atomic E-state index is 0.0832. The Kier molecular flexibility index (Phi) is 6.02. The van der Waals surface area contributed by atoms with E-state index in [9.17, 15) is 9.59 Å². The second kappa shape index (κ2) is 8.00. The Morgan fingerprint density at radius 3 is 2.82 bits per heavy atom. The normalized spacial score (nSPS) is 12.0. The summed E-state index contributed by atoms with van der Waals surface area (Å²) in [5.41, 5.74) is 5.71. The first kappa shape index (κ1) is 16.6. The van der Waals surface area contributed by atoms with Crippen molar-refractivity contribution in [3.05, 3.63) is 35.6 Å². The zero-order chi connectivity index (χ0) is 15.9. The molecule has 2 amide bonds. The number of nitrogens with zero attached hydrogens (tertiary/aromatic N) is 2. The first-order valence-electron chi connectivity index (χ1n) is 6.75. The van der Waals surface area contributed by atoms with Crippen LogP contribution in [0, 0.1) is 0 Å². The van der Waals surface area contributed by atoms with Crippen molar-refractivity contribution in [2.45, 2.75) is 18.9 Å². The predicted molar refractivity (Wildman–Crippen MR) is 90.1 cm³/mol. The van der Waals surface area contributed by atoms with Crippen LogP contribution >= 0.6 is 23.1 Å². The number of rotatable bonds is 8. The molecule has 0 aliphatic heterocycles. The van der Waals surface area contributed by atoms with Gasteiger partial charge in [0.15, 0.2) is 5.13 Å². The molecule has 0 radical (unpaired) electrons. The summed E-state index contributed by atoms with van der Waals surface area (Å²) in [6.45, 7) is 0. The molecule has 118 valence electrons. The maximum Gasteiger partial charge on any atom is 0.249 e. The van der Waals surface area contributed by atoms with E-state index in [-0.39, 0.29) is 18.4 Å². The van der Waals surface area contributed by atoms with Crippen molar-refractivity contribution in [1.29, 1.82) is 0 Å². The fourth-order valence-corrected chi connectivity index (χ4v) is 3.19. The third-order valence-electron chi connectivity index (χ3n) is 3.02. The van der Waals surface area contributed by atoms with Gasteiger partial charge in [0.2, 0.25) is 11.8 Å².